The second-order valence-electron chi connectivity index (χ2n) is 6.06. The summed E-state index contributed by atoms with van der Waals surface area (Å²) >= 11 is 2.92. The molecular formula is C17H16N6O2S2. The highest BCUT2D eigenvalue weighted by Crippen LogP contribution is 2.34. The zero-order valence-corrected chi connectivity index (χ0v) is 16.4. The van der Waals surface area contributed by atoms with Gasteiger partial charge in [-0.25, -0.2) is 4.98 Å². The number of rotatable bonds is 4. The van der Waals surface area contributed by atoms with E-state index >= 15 is 0 Å². The average Bonchev–Trinajstić information content (AvgIpc) is 3.20. The first-order valence-corrected chi connectivity index (χ1v) is 9.88. The molecule has 0 unspecified atom stereocenters. The fourth-order valence-electron chi connectivity index (χ4n) is 2.69. The van der Waals surface area contributed by atoms with E-state index in [9.17, 15) is 9.90 Å². The summed E-state index contributed by atoms with van der Waals surface area (Å²) in [6.07, 6.45) is 0. The third kappa shape index (κ3) is 3.21. The Morgan fingerprint density at radius 2 is 2.00 bits per heavy atom. The summed E-state index contributed by atoms with van der Waals surface area (Å²) < 4.78 is 1.58. The van der Waals surface area contributed by atoms with E-state index in [1.807, 2.05) is 20.8 Å². The molecule has 4 rings (SSSR count). The Morgan fingerprint density at radius 3 is 2.74 bits per heavy atom. The Labute approximate surface area is 162 Å². The maximum atomic E-state index is 12.5. The van der Waals surface area contributed by atoms with Gasteiger partial charge < -0.3 is 10.1 Å². The summed E-state index contributed by atoms with van der Waals surface area (Å²) in [4.78, 5) is 21.9. The average molecular weight is 400 g/mol. The Kier molecular flexibility index (Phi) is 4.44. The second-order valence-corrected chi connectivity index (χ2v) is 8.58. The van der Waals surface area contributed by atoms with Gasteiger partial charge in [-0.05, 0) is 61.0 Å². The molecule has 0 saturated carbocycles. The van der Waals surface area contributed by atoms with Crippen LogP contribution in [0.4, 0.5) is 0 Å². The van der Waals surface area contributed by atoms with Gasteiger partial charge in [0.1, 0.15) is 16.4 Å². The van der Waals surface area contributed by atoms with E-state index in [0.29, 0.717) is 16.4 Å². The van der Waals surface area contributed by atoms with Crippen molar-refractivity contribution in [1.82, 2.24) is 30.2 Å². The summed E-state index contributed by atoms with van der Waals surface area (Å²) in [5.41, 5.74) is 1.59. The van der Waals surface area contributed by atoms with E-state index in [0.717, 1.165) is 21.0 Å². The molecule has 0 radical (unpaired) electrons. The third-order valence-corrected chi connectivity index (χ3v) is 6.40. The number of aromatic amines is 1. The Hall–Kier alpha value is -2.72. The summed E-state index contributed by atoms with van der Waals surface area (Å²) in [7, 11) is 0. The molecule has 2 N–H and O–H groups in total. The number of phenolic OH excluding ortho intramolecular Hbond substituents is 1. The van der Waals surface area contributed by atoms with Gasteiger partial charge in [-0.15, -0.1) is 16.4 Å². The van der Waals surface area contributed by atoms with Gasteiger partial charge in [-0.3, -0.25) is 4.79 Å². The van der Waals surface area contributed by atoms with Gasteiger partial charge in [0.25, 0.3) is 5.56 Å². The third-order valence-electron chi connectivity index (χ3n) is 4.26. The molecule has 0 saturated heterocycles. The fourth-order valence-corrected chi connectivity index (χ4v) is 4.59. The van der Waals surface area contributed by atoms with Crippen LogP contribution in [0.15, 0.2) is 34.2 Å². The topological polar surface area (TPSA) is 110 Å². The molecule has 0 spiro atoms. The van der Waals surface area contributed by atoms with E-state index in [2.05, 4.69) is 25.5 Å². The maximum absolute atomic E-state index is 12.5. The first kappa shape index (κ1) is 17.7. The molecule has 138 valence electrons. The first-order chi connectivity index (χ1) is 12.9. The lowest BCUT2D eigenvalue weighted by Gasteiger charge is -2.10. The van der Waals surface area contributed by atoms with E-state index in [-0.39, 0.29) is 16.6 Å². The standard InChI is InChI=1S/C17H16N6O2S2/c1-8-9(2)26-16-13(8)15(25)18-14(19-16)10(3)27-17-20-21-22-23(17)11-4-6-12(24)7-5-11/h4-7,10,24H,1-3H3,(H,18,19,25)/t10-/m1/s1. The number of H-pyrrole nitrogens is 1. The first-order valence-electron chi connectivity index (χ1n) is 8.18. The van der Waals surface area contributed by atoms with E-state index in [4.69, 9.17) is 0 Å². The van der Waals surface area contributed by atoms with E-state index < -0.39 is 0 Å². The molecule has 4 aromatic rings. The van der Waals surface area contributed by atoms with Gasteiger partial charge in [0.05, 0.1) is 16.3 Å². The van der Waals surface area contributed by atoms with Crippen LogP contribution in [0.3, 0.4) is 0 Å². The normalized spacial score (nSPS) is 12.6. The lowest BCUT2D eigenvalue weighted by molar-refractivity contribution is 0.475. The Bertz CT molecular complexity index is 1180. The van der Waals surface area contributed by atoms with Crippen molar-refractivity contribution in [3.05, 3.63) is 50.9 Å². The van der Waals surface area contributed by atoms with Gasteiger partial charge in [0, 0.05) is 4.88 Å². The number of thiophene rings is 1. The molecule has 3 heterocycles. The van der Waals surface area contributed by atoms with Crippen molar-refractivity contribution in [1.29, 1.82) is 0 Å². The minimum Gasteiger partial charge on any atom is -0.508 e. The van der Waals surface area contributed by atoms with E-state index in [1.165, 1.54) is 23.1 Å². The van der Waals surface area contributed by atoms with Crippen LogP contribution < -0.4 is 5.56 Å². The quantitative estimate of drug-likeness (QED) is 0.506. The summed E-state index contributed by atoms with van der Waals surface area (Å²) in [6.45, 7) is 5.87. The summed E-state index contributed by atoms with van der Waals surface area (Å²) in [5.74, 6) is 0.755. The zero-order valence-electron chi connectivity index (χ0n) is 14.8. The number of hydrogen-bond donors (Lipinski definition) is 2. The highest BCUT2D eigenvalue weighted by molar-refractivity contribution is 7.99. The number of aromatic hydroxyl groups is 1. The lowest BCUT2D eigenvalue weighted by Crippen LogP contribution is -2.12. The molecule has 1 aromatic carbocycles. The molecule has 8 nitrogen and oxygen atoms in total. The smallest absolute Gasteiger partial charge is 0.259 e. The van der Waals surface area contributed by atoms with Gasteiger partial charge in [-0.1, -0.05) is 11.8 Å². The highest BCUT2D eigenvalue weighted by Gasteiger charge is 2.19. The number of thioether (sulfide) groups is 1. The van der Waals surface area contributed by atoms with Crippen molar-refractivity contribution < 1.29 is 5.11 Å². The Morgan fingerprint density at radius 1 is 1.26 bits per heavy atom. The number of fused-ring (bicyclic) bond motifs is 1. The Balaban J connectivity index is 1.66. The number of phenols is 1. The zero-order chi connectivity index (χ0) is 19.1. The number of benzene rings is 1. The van der Waals surface area contributed by atoms with Crippen LogP contribution in [0.5, 0.6) is 5.75 Å². The fraction of sp³-hybridized carbons (Fsp3) is 0.235. The van der Waals surface area contributed by atoms with Gasteiger partial charge in [0.15, 0.2) is 0 Å². The number of aryl methyl sites for hydroxylation is 2. The maximum Gasteiger partial charge on any atom is 0.259 e. The molecule has 0 fully saturated rings. The van der Waals surface area contributed by atoms with Gasteiger partial charge in [0.2, 0.25) is 5.16 Å². The minimum absolute atomic E-state index is 0.123. The van der Waals surface area contributed by atoms with Crippen LogP contribution in [0.2, 0.25) is 0 Å². The molecule has 10 heteroatoms. The summed E-state index contributed by atoms with van der Waals surface area (Å²) in [6, 6.07) is 6.60. The van der Waals surface area contributed by atoms with Crippen LogP contribution in [-0.4, -0.2) is 35.3 Å². The predicted molar refractivity (Wildman–Crippen MR) is 105 cm³/mol. The molecule has 27 heavy (non-hydrogen) atoms. The van der Waals surface area contributed by atoms with Crippen LogP contribution in [0.1, 0.15) is 28.4 Å². The van der Waals surface area contributed by atoms with Crippen LogP contribution in [-0.2, 0) is 0 Å². The number of hydrogen-bond acceptors (Lipinski definition) is 8. The molecule has 0 aliphatic carbocycles. The molecule has 3 aromatic heterocycles. The van der Waals surface area contributed by atoms with Crippen molar-refractivity contribution in [3.8, 4) is 11.4 Å². The van der Waals surface area contributed by atoms with Crippen molar-refractivity contribution in [2.24, 2.45) is 0 Å². The highest BCUT2D eigenvalue weighted by atomic mass is 32.2. The largest absolute Gasteiger partial charge is 0.508 e. The second kappa shape index (κ2) is 6.78. The van der Waals surface area contributed by atoms with Gasteiger partial charge >= 0.3 is 0 Å². The molecule has 0 bridgehead atoms. The monoisotopic (exact) mass is 400 g/mol. The van der Waals surface area contributed by atoms with Crippen molar-refractivity contribution in [2.45, 2.75) is 31.2 Å². The molecule has 0 aliphatic heterocycles. The van der Waals surface area contributed by atoms with Crippen molar-refractivity contribution in [2.75, 3.05) is 0 Å². The predicted octanol–water partition coefficient (Wildman–Crippen LogP) is 3.14. The van der Waals surface area contributed by atoms with Gasteiger partial charge in [-0.2, -0.15) is 4.68 Å². The number of nitrogens with one attached hydrogen (secondary N) is 1. The molecule has 0 aliphatic rings. The number of tetrazole rings is 1. The number of nitrogens with zero attached hydrogens (tertiary/aromatic N) is 5. The number of aromatic nitrogens is 6. The molecular weight excluding hydrogens is 384 g/mol. The minimum atomic E-state index is -0.160. The van der Waals surface area contributed by atoms with Crippen molar-refractivity contribution >= 4 is 33.3 Å². The van der Waals surface area contributed by atoms with Crippen LogP contribution in [0.25, 0.3) is 15.9 Å². The summed E-state index contributed by atoms with van der Waals surface area (Å²) in [5, 5.41) is 22.3. The SMILES string of the molecule is Cc1sc2nc([C@@H](C)Sc3nnnn3-c3ccc(O)cc3)[nH]c(=O)c2c1C. The lowest BCUT2D eigenvalue weighted by atomic mass is 10.2. The van der Waals surface area contributed by atoms with E-state index in [1.54, 1.807) is 28.9 Å². The molecule has 0 amide bonds. The van der Waals surface area contributed by atoms with Crippen LogP contribution in [0, 0.1) is 13.8 Å². The van der Waals surface area contributed by atoms with Crippen molar-refractivity contribution in [3.63, 3.8) is 0 Å². The molecule has 1 atom stereocenters. The van der Waals surface area contributed by atoms with Crippen LogP contribution >= 0.6 is 23.1 Å².